The summed E-state index contributed by atoms with van der Waals surface area (Å²) in [6.45, 7) is 6.11. The summed E-state index contributed by atoms with van der Waals surface area (Å²) in [6, 6.07) is 12.5. The first-order valence-corrected chi connectivity index (χ1v) is 11.7. The van der Waals surface area contributed by atoms with Crippen molar-refractivity contribution in [1.29, 1.82) is 0 Å². The van der Waals surface area contributed by atoms with Gasteiger partial charge in [-0.3, -0.25) is 9.69 Å². The number of carbonyl (C=O) groups excluding carboxylic acids is 1. The van der Waals surface area contributed by atoms with Gasteiger partial charge in [0.15, 0.2) is 0 Å². The van der Waals surface area contributed by atoms with Crippen LogP contribution in [0, 0.1) is 6.92 Å². The van der Waals surface area contributed by atoms with Gasteiger partial charge in [0.2, 0.25) is 0 Å². The molecule has 0 saturated heterocycles. The molecule has 3 rings (SSSR count). The van der Waals surface area contributed by atoms with Crippen LogP contribution in [0.4, 0.5) is 5.69 Å². The van der Waals surface area contributed by atoms with Crippen molar-refractivity contribution < 1.29 is 24.6 Å². The average Bonchev–Trinajstić information content (AvgIpc) is 2.80. The zero-order chi connectivity index (χ0) is 25.9. The summed E-state index contributed by atoms with van der Waals surface area (Å²) in [5.74, 6) is -3.54. The number of likely N-dealkylation sites (N-methyl/N-ethyl adjacent to an activating group) is 1. The van der Waals surface area contributed by atoms with Gasteiger partial charge in [-0.05, 0) is 44.5 Å². The summed E-state index contributed by atoms with van der Waals surface area (Å²) in [7, 11) is 1.58. The second kappa shape index (κ2) is 10.4. The van der Waals surface area contributed by atoms with Crippen LogP contribution in [0.5, 0.6) is 0 Å². The number of carboxylic acid groups (broad SMARTS) is 2. The maximum Gasteiger partial charge on any atom is 0.335 e. The number of benzene rings is 2. The predicted molar refractivity (Wildman–Crippen MR) is 134 cm³/mol. The van der Waals surface area contributed by atoms with Crippen molar-refractivity contribution in [3.05, 3.63) is 76.4 Å². The van der Waals surface area contributed by atoms with Crippen LogP contribution in [-0.2, 0) is 20.0 Å². The maximum atomic E-state index is 13.1. The van der Waals surface area contributed by atoms with Gasteiger partial charge in [-0.15, -0.1) is 0 Å². The van der Waals surface area contributed by atoms with Crippen molar-refractivity contribution in [2.45, 2.75) is 51.2 Å². The molecule has 1 aliphatic heterocycles. The molecule has 35 heavy (non-hydrogen) atoms. The molecule has 1 heterocycles. The molecule has 5 N–H and O–H groups in total. The number of ketones is 1. The zero-order valence-electron chi connectivity index (χ0n) is 20.5. The Morgan fingerprint density at radius 3 is 2.34 bits per heavy atom. The number of fused-ring (bicyclic) bond motifs is 1. The molecule has 0 aliphatic carbocycles. The van der Waals surface area contributed by atoms with E-state index in [-0.39, 0.29) is 5.78 Å². The first-order valence-electron chi connectivity index (χ1n) is 11.7. The quantitative estimate of drug-likeness (QED) is 0.318. The van der Waals surface area contributed by atoms with Gasteiger partial charge in [-0.1, -0.05) is 55.3 Å². The van der Waals surface area contributed by atoms with Crippen molar-refractivity contribution in [2.75, 3.05) is 18.9 Å². The zero-order valence-corrected chi connectivity index (χ0v) is 20.5. The van der Waals surface area contributed by atoms with Gasteiger partial charge < -0.3 is 21.3 Å². The molecule has 8 heteroatoms. The van der Waals surface area contributed by atoms with E-state index in [1.165, 1.54) is 11.8 Å². The molecule has 0 radical (unpaired) electrons. The lowest BCUT2D eigenvalue weighted by Crippen LogP contribution is -2.64. The van der Waals surface area contributed by atoms with Crippen LogP contribution in [-0.4, -0.2) is 52.5 Å². The number of hydrogen-bond donors (Lipinski definition) is 4. The summed E-state index contributed by atoms with van der Waals surface area (Å²) in [6.07, 6.45) is 2.45. The number of hydrogen-bond acceptors (Lipinski definition) is 6. The van der Waals surface area contributed by atoms with Crippen LogP contribution in [0.2, 0.25) is 0 Å². The molecule has 0 amide bonds. The number of aliphatic carboxylic acids is 2. The highest BCUT2D eigenvalue weighted by Gasteiger charge is 2.53. The van der Waals surface area contributed by atoms with Crippen LogP contribution in [0.25, 0.3) is 0 Å². The fourth-order valence-electron chi connectivity index (χ4n) is 5.02. The number of unbranched alkanes of at least 4 members (excludes halogenated alkanes) is 1. The van der Waals surface area contributed by atoms with E-state index in [1.807, 2.05) is 49.4 Å². The molecule has 1 aliphatic rings. The molecule has 0 bridgehead atoms. The minimum absolute atomic E-state index is 0.206. The van der Waals surface area contributed by atoms with E-state index < -0.39 is 35.1 Å². The third kappa shape index (κ3) is 4.85. The number of nitrogens with zero attached hydrogens (tertiary/aromatic N) is 1. The molecular formula is C27H33N3O5. The molecule has 0 aromatic heterocycles. The monoisotopic (exact) mass is 479 g/mol. The predicted octanol–water partition coefficient (Wildman–Crippen LogP) is 3.45. The number of aryl methyl sites for hydroxylation is 1. The Hall–Kier alpha value is -3.49. The number of anilines is 1. The molecular weight excluding hydrogens is 446 g/mol. The molecule has 0 saturated carbocycles. The lowest BCUT2D eigenvalue weighted by Gasteiger charge is -2.51. The number of carboxylic acids is 2. The van der Waals surface area contributed by atoms with E-state index in [4.69, 9.17) is 5.73 Å². The van der Waals surface area contributed by atoms with E-state index in [0.717, 1.165) is 24.0 Å². The summed E-state index contributed by atoms with van der Waals surface area (Å²) in [5, 5.41) is 22.9. The number of carbonyl (C=O) groups is 3. The average molecular weight is 480 g/mol. The Morgan fingerprint density at radius 1 is 1.14 bits per heavy atom. The van der Waals surface area contributed by atoms with E-state index in [1.54, 1.807) is 7.05 Å². The lowest BCUT2D eigenvalue weighted by atomic mass is 9.70. The molecule has 8 nitrogen and oxygen atoms in total. The maximum absolute atomic E-state index is 13.1. The molecule has 3 atom stereocenters. The van der Waals surface area contributed by atoms with Crippen molar-refractivity contribution >= 4 is 23.4 Å². The van der Waals surface area contributed by atoms with Gasteiger partial charge in [0.05, 0.1) is 11.6 Å². The fourth-order valence-corrected chi connectivity index (χ4v) is 5.02. The Morgan fingerprint density at radius 2 is 1.80 bits per heavy atom. The van der Waals surface area contributed by atoms with Crippen molar-refractivity contribution in [3.8, 4) is 0 Å². The van der Waals surface area contributed by atoms with E-state index >= 15 is 0 Å². The first kappa shape index (κ1) is 26.1. The summed E-state index contributed by atoms with van der Waals surface area (Å²) >= 11 is 0. The van der Waals surface area contributed by atoms with Crippen LogP contribution in [0.3, 0.4) is 0 Å². The van der Waals surface area contributed by atoms with Gasteiger partial charge in [0.25, 0.3) is 0 Å². The molecule has 2 aromatic carbocycles. The summed E-state index contributed by atoms with van der Waals surface area (Å²) < 4.78 is 0. The van der Waals surface area contributed by atoms with Gasteiger partial charge >= 0.3 is 11.9 Å². The van der Waals surface area contributed by atoms with Crippen molar-refractivity contribution in [1.82, 2.24) is 4.90 Å². The topological polar surface area (TPSA) is 133 Å². The lowest BCUT2D eigenvalue weighted by molar-refractivity contribution is -0.138. The molecule has 0 fully saturated rings. The third-order valence-corrected chi connectivity index (χ3v) is 6.71. The summed E-state index contributed by atoms with van der Waals surface area (Å²) in [4.78, 5) is 38.6. The van der Waals surface area contributed by atoms with Gasteiger partial charge in [0.1, 0.15) is 11.4 Å². The van der Waals surface area contributed by atoms with Gasteiger partial charge in [-0.25, -0.2) is 9.59 Å². The summed E-state index contributed by atoms with van der Waals surface area (Å²) in [5.41, 5.74) is 8.23. The van der Waals surface area contributed by atoms with E-state index in [9.17, 15) is 24.6 Å². The minimum Gasteiger partial charge on any atom is -0.478 e. The SMILES string of the molecule is CCCCNc1cccc2c1C(N)(C(=CC(=O)O)C(=O)O)N(C)C(C(C)=O)C2c1ccc(C)cc1. The first-order chi connectivity index (χ1) is 16.5. The molecule has 186 valence electrons. The number of nitrogens with two attached hydrogens (primary N) is 1. The third-order valence-electron chi connectivity index (χ3n) is 6.71. The highest BCUT2D eigenvalue weighted by Crippen LogP contribution is 2.49. The fraction of sp³-hybridized carbons (Fsp3) is 0.370. The highest BCUT2D eigenvalue weighted by molar-refractivity contribution is 5.98. The molecule has 0 spiro atoms. The second-order valence-corrected chi connectivity index (χ2v) is 9.07. The Labute approximate surface area is 205 Å². The van der Waals surface area contributed by atoms with Crippen molar-refractivity contribution in [2.24, 2.45) is 5.73 Å². The minimum atomic E-state index is -1.88. The highest BCUT2D eigenvalue weighted by atomic mass is 16.4. The van der Waals surface area contributed by atoms with Gasteiger partial charge in [-0.2, -0.15) is 0 Å². The molecule has 3 unspecified atom stereocenters. The number of Topliss-reactive ketones (excluding diaryl/α,β-unsaturated/α-hetero) is 1. The standard InChI is InChI=1S/C27H33N3O5/c1-5-6-14-29-21-9-7-8-19-23(18-12-10-16(2)11-13-18)25(17(3)31)30(4)27(28,24(19)21)20(26(34)35)15-22(32)33/h7-13,15,23,25,29H,5-6,14,28H2,1-4H3,(H,32,33)(H,34,35). The number of nitrogens with one attached hydrogen (secondary N) is 1. The smallest absolute Gasteiger partial charge is 0.335 e. The largest absolute Gasteiger partial charge is 0.478 e. The van der Waals surface area contributed by atoms with Crippen LogP contribution >= 0.6 is 0 Å². The Kier molecular flexibility index (Phi) is 7.77. The van der Waals surface area contributed by atoms with E-state index in [0.29, 0.717) is 29.4 Å². The molecule has 2 aromatic rings. The van der Waals surface area contributed by atoms with Crippen LogP contribution in [0.1, 0.15) is 54.9 Å². The second-order valence-electron chi connectivity index (χ2n) is 9.07. The Balaban J connectivity index is 2.41. The van der Waals surface area contributed by atoms with Gasteiger partial charge in [0, 0.05) is 29.8 Å². The van der Waals surface area contributed by atoms with Crippen molar-refractivity contribution in [3.63, 3.8) is 0 Å². The van der Waals surface area contributed by atoms with Crippen LogP contribution < -0.4 is 11.1 Å². The van der Waals surface area contributed by atoms with E-state index in [2.05, 4.69) is 12.2 Å². The normalized spacial score (nSPS) is 22.4. The Bertz CT molecular complexity index is 1160. The number of rotatable bonds is 9. The van der Waals surface area contributed by atoms with Crippen LogP contribution in [0.15, 0.2) is 54.1 Å².